The van der Waals surface area contributed by atoms with Gasteiger partial charge >= 0.3 is 0 Å². The Morgan fingerprint density at radius 1 is 1.53 bits per heavy atom. The van der Waals surface area contributed by atoms with Gasteiger partial charge in [-0.1, -0.05) is 17.8 Å². The third-order valence-corrected chi connectivity index (χ3v) is 3.60. The number of hydrogen-bond acceptors (Lipinski definition) is 6. The average Bonchev–Trinajstić information content (AvgIpc) is 2.75. The number of aromatic nitrogens is 2. The first-order valence-electron chi connectivity index (χ1n) is 5.07. The number of amidine groups is 1. The fourth-order valence-electron chi connectivity index (χ4n) is 1.51. The summed E-state index contributed by atoms with van der Waals surface area (Å²) in [5.74, 6) is 0.791. The Hall–Kier alpha value is -1.34. The molecule has 0 amide bonds. The second-order valence-electron chi connectivity index (χ2n) is 3.54. The van der Waals surface area contributed by atoms with Crippen molar-refractivity contribution in [2.75, 3.05) is 24.2 Å². The van der Waals surface area contributed by atoms with Gasteiger partial charge in [-0.25, -0.2) is 0 Å². The van der Waals surface area contributed by atoms with Crippen LogP contribution in [0.15, 0.2) is 18.2 Å². The highest BCUT2D eigenvalue weighted by molar-refractivity contribution is 8.13. The molecule has 1 heterocycles. The summed E-state index contributed by atoms with van der Waals surface area (Å²) in [6.07, 6.45) is 0. The molecule has 0 unspecified atom stereocenters. The van der Waals surface area contributed by atoms with E-state index in [9.17, 15) is 0 Å². The van der Waals surface area contributed by atoms with Gasteiger partial charge in [-0.2, -0.15) is 8.75 Å². The van der Waals surface area contributed by atoms with Gasteiger partial charge in [0.25, 0.3) is 0 Å². The molecule has 1 aromatic heterocycles. The fraction of sp³-hybridized carbons (Fsp3) is 0.300. The summed E-state index contributed by atoms with van der Waals surface area (Å²) in [4.78, 5) is 2.11. The van der Waals surface area contributed by atoms with E-state index in [1.165, 1.54) is 23.5 Å². The van der Waals surface area contributed by atoms with Crippen molar-refractivity contribution in [1.82, 2.24) is 8.75 Å². The number of hydrogen-bond donors (Lipinski definition) is 2. The molecule has 0 aliphatic heterocycles. The molecule has 17 heavy (non-hydrogen) atoms. The lowest BCUT2D eigenvalue weighted by Crippen LogP contribution is -2.21. The van der Waals surface area contributed by atoms with Crippen LogP contribution in [0.3, 0.4) is 0 Å². The van der Waals surface area contributed by atoms with Crippen molar-refractivity contribution in [2.24, 2.45) is 5.73 Å². The maximum Gasteiger partial charge on any atom is 0.151 e. The van der Waals surface area contributed by atoms with Gasteiger partial charge in [-0.3, -0.25) is 5.41 Å². The molecule has 0 bridgehead atoms. The Morgan fingerprint density at radius 3 is 3.12 bits per heavy atom. The summed E-state index contributed by atoms with van der Waals surface area (Å²) >= 11 is 2.57. The van der Waals surface area contributed by atoms with Gasteiger partial charge < -0.3 is 10.6 Å². The van der Waals surface area contributed by atoms with Gasteiger partial charge in [0.05, 0.1) is 17.4 Å². The monoisotopic (exact) mass is 267 g/mol. The number of anilines is 1. The summed E-state index contributed by atoms with van der Waals surface area (Å²) in [6.45, 7) is 0.820. The Labute approximate surface area is 108 Å². The summed E-state index contributed by atoms with van der Waals surface area (Å²) in [7, 11) is 2.01. The quantitative estimate of drug-likeness (QED) is 0.652. The zero-order chi connectivity index (χ0) is 12.3. The van der Waals surface area contributed by atoms with Crippen LogP contribution in [-0.2, 0) is 0 Å². The molecular weight excluding hydrogens is 254 g/mol. The van der Waals surface area contributed by atoms with Crippen LogP contribution in [0.4, 0.5) is 5.69 Å². The lowest BCUT2D eigenvalue weighted by atomic mass is 10.2. The van der Waals surface area contributed by atoms with Crippen LogP contribution in [0.2, 0.25) is 0 Å². The Morgan fingerprint density at radius 2 is 2.35 bits per heavy atom. The van der Waals surface area contributed by atoms with E-state index in [4.69, 9.17) is 11.1 Å². The van der Waals surface area contributed by atoms with Gasteiger partial charge in [0.15, 0.2) is 5.17 Å². The topological polar surface area (TPSA) is 78.9 Å². The van der Waals surface area contributed by atoms with E-state index in [1.54, 1.807) is 0 Å². The normalized spacial score (nSPS) is 10.6. The number of benzene rings is 1. The summed E-state index contributed by atoms with van der Waals surface area (Å²) in [5.41, 5.74) is 8.24. The van der Waals surface area contributed by atoms with Crippen molar-refractivity contribution in [3.63, 3.8) is 0 Å². The first kappa shape index (κ1) is 12.1. The predicted octanol–water partition coefficient (Wildman–Crippen LogP) is 1.75. The molecule has 0 fully saturated rings. The third-order valence-electron chi connectivity index (χ3n) is 2.36. The number of thioether (sulfide) groups is 1. The SMILES string of the molecule is CN(CCSC(=N)N)c1cccc2nsnc12. The minimum Gasteiger partial charge on any atom is -0.379 e. The number of nitrogens with two attached hydrogens (primary N) is 1. The molecule has 3 N–H and O–H groups in total. The zero-order valence-corrected chi connectivity index (χ0v) is 11.0. The van der Waals surface area contributed by atoms with Crippen molar-refractivity contribution < 1.29 is 0 Å². The highest BCUT2D eigenvalue weighted by Crippen LogP contribution is 2.24. The van der Waals surface area contributed by atoms with Gasteiger partial charge in [0.2, 0.25) is 0 Å². The maximum absolute atomic E-state index is 7.15. The van der Waals surface area contributed by atoms with E-state index >= 15 is 0 Å². The number of rotatable bonds is 4. The second-order valence-corrected chi connectivity index (χ2v) is 5.21. The van der Waals surface area contributed by atoms with E-state index < -0.39 is 0 Å². The van der Waals surface area contributed by atoms with Crippen LogP contribution in [0.25, 0.3) is 11.0 Å². The van der Waals surface area contributed by atoms with Crippen molar-refractivity contribution in [3.05, 3.63) is 18.2 Å². The summed E-state index contributed by atoms with van der Waals surface area (Å²) in [5, 5.41) is 7.31. The molecule has 5 nitrogen and oxygen atoms in total. The third kappa shape index (κ3) is 2.86. The largest absolute Gasteiger partial charge is 0.379 e. The Bertz CT molecular complexity index is 524. The molecule has 0 aliphatic carbocycles. The highest BCUT2D eigenvalue weighted by Gasteiger charge is 2.08. The van der Waals surface area contributed by atoms with Crippen LogP contribution in [0, 0.1) is 5.41 Å². The molecule has 0 aliphatic rings. The van der Waals surface area contributed by atoms with Crippen molar-refractivity contribution in [2.45, 2.75) is 0 Å². The maximum atomic E-state index is 7.15. The van der Waals surface area contributed by atoms with E-state index in [-0.39, 0.29) is 5.17 Å². The molecule has 0 saturated heterocycles. The van der Waals surface area contributed by atoms with Crippen molar-refractivity contribution in [3.8, 4) is 0 Å². The van der Waals surface area contributed by atoms with Crippen molar-refractivity contribution >= 4 is 45.4 Å². The average molecular weight is 267 g/mol. The van der Waals surface area contributed by atoms with Crippen LogP contribution in [-0.4, -0.2) is 33.3 Å². The van der Waals surface area contributed by atoms with Gasteiger partial charge in [-0.15, -0.1) is 0 Å². The zero-order valence-electron chi connectivity index (χ0n) is 9.38. The first-order chi connectivity index (χ1) is 8.18. The lowest BCUT2D eigenvalue weighted by molar-refractivity contribution is 0.983. The Balaban J connectivity index is 2.10. The summed E-state index contributed by atoms with van der Waals surface area (Å²) in [6, 6.07) is 5.97. The Kier molecular flexibility index (Phi) is 3.80. The van der Waals surface area contributed by atoms with Crippen molar-refractivity contribution in [1.29, 1.82) is 5.41 Å². The number of fused-ring (bicyclic) bond motifs is 1. The number of nitrogens with one attached hydrogen (secondary N) is 1. The van der Waals surface area contributed by atoms with E-state index in [1.807, 2.05) is 25.2 Å². The molecule has 90 valence electrons. The van der Waals surface area contributed by atoms with Gasteiger partial charge in [0.1, 0.15) is 11.0 Å². The van der Waals surface area contributed by atoms with Crippen LogP contribution < -0.4 is 10.6 Å². The van der Waals surface area contributed by atoms with E-state index in [0.29, 0.717) is 0 Å². The molecular formula is C10H13N5S2. The van der Waals surface area contributed by atoms with Crippen LogP contribution >= 0.6 is 23.5 Å². The second kappa shape index (κ2) is 5.33. The predicted molar refractivity (Wildman–Crippen MR) is 75.1 cm³/mol. The molecule has 2 rings (SSSR count). The van der Waals surface area contributed by atoms with Gasteiger partial charge in [0, 0.05) is 19.3 Å². The lowest BCUT2D eigenvalue weighted by Gasteiger charge is -2.18. The molecule has 0 atom stereocenters. The minimum atomic E-state index is 0.159. The van der Waals surface area contributed by atoms with Crippen LogP contribution in [0.5, 0.6) is 0 Å². The smallest absolute Gasteiger partial charge is 0.151 e. The molecule has 1 aromatic carbocycles. The molecule has 7 heteroatoms. The highest BCUT2D eigenvalue weighted by atomic mass is 32.2. The molecule has 2 aromatic rings. The van der Waals surface area contributed by atoms with E-state index in [2.05, 4.69) is 13.6 Å². The molecule has 0 radical (unpaired) electrons. The molecule has 0 spiro atoms. The fourth-order valence-corrected chi connectivity index (χ4v) is 2.64. The summed E-state index contributed by atoms with van der Waals surface area (Å²) < 4.78 is 8.51. The van der Waals surface area contributed by atoms with Crippen LogP contribution in [0.1, 0.15) is 0 Å². The minimum absolute atomic E-state index is 0.159. The number of nitrogens with zero attached hydrogens (tertiary/aromatic N) is 3. The first-order valence-corrected chi connectivity index (χ1v) is 6.79. The molecule has 0 saturated carbocycles. The van der Waals surface area contributed by atoms with E-state index in [0.717, 1.165) is 29.0 Å². The standard InChI is InChI=1S/C10H13N5S2/c1-15(5-6-16-10(11)12)8-4-2-3-7-9(8)14-17-13-7/h2-4H,5-6H2,1H3,(H3,11,12). The van der Waals surface area contributed by atoms with Gasteiger partial charge in [-0.05, 0) is 12.1 Å².